The van der Waals surface area contributed by atoms with Crippen molar-refractivity contribution in [3.05, 3.63) is 40.1 Å². The zero-order chi connectivity index (χ0) is 12.1. The third-order valence-corrected chi connectivity index (χ3v) is 2.92. The van der Waals surface area contributed by atoms with Gasteiger partial charge in [-0.15, -0.1) is 11.6 Å². The number of rotatable bonds is 1. The van der Waals surface area contributed by atoms with Gasteiger partial charge in [0.1, 0.15) is 5.15 Å². The predicted molar refractivity (Wildman–Crippen MR) is 72.7 cm³/mol. The van der Waals surface area contributed by atoms with Crippen molar-refractivity contribution in [2.24, 2.45) is 0 Å². The Bertz CT molecular complexity index is 483. The highest BCUT2D eigenvalue weighted by atomic mass is 35.5. The number of fused-ring (bicyclic) bond motifs is 1. The Morgan fingerprint density at radius 3 is 2.44 bits per heavy atom. The van der Waals surface area contributed by atoms with Crippen LogP contribution < -0.4 is 0 Å². The first-order chi connectivity index (χ1) is 7.72. The number of hydrogen-bond donors (Lipinski definition) is 0. The topological polar surface area (TPSA) is 12.9 Å². The predicted octanol–water partition coefficient (Wildman–Crippen LogP) is 5.31. The van der Waals surface area contributed by atoms with Crippen LogP contribution in [0.3, 0.4) is 0 Å². The molecular formula is C12H12Cl3N. The minimum absolute atomic E-state index is 0.455. The van der Waals surface area contributed by atoms with E-state index in [0.717, 1.165) is 16.3 Å². The van der Waals surface area contributed by atoms with Gasteiger partial charge in [0.25, 0.3) is 0 Å². The molecule has 0 unspecified atom stereocenters. The number of hydrogen-bond acceptors (Lipinski definition) is 1. The summed E-state index contributed by atoms with van der Waals surface area (Å²) in [5.41, 5.74) is 1.00. The molecule has 0 radical (unpaired) electrons. The van der Waals surface area contributed by atoms with Crippen molar-refractivity contribution in [1.82, 2.24) is 4.98 Å². The van der Waals surface area contributed by atoms with Crippen LogP contribution in [0.4, 0.5) is 0 Å². The molecule has 1 nitrogen and oxygen atoms in total. The summed E-state index contributed by atoms with van der Waals surface area (Å²) in [7, 11) is 0. The van der Waals surface area contributed by atoms with Gasteiger partial charge >= 0.3 is 0 Å². The fraction of sp³-hybridized carbons (Fsp3) is 0.250. The third kappa shape index (κ3) is 2.79. The maximum Gasteiger partial charge on any atom is 0.136 e. The smallest absolute Gasteiger partial charge is 0.136 e. The van der Waals surface area contributed by atoms with E-state index in [0.29, 0.717) is 16.1 Å². The van der Waals surface area contributed by atoms with E-state index in [1.807, 2.05) is 32.0 Å². The number of benzene rings is 1. The molecule has 1 aromatic heterocycles. The summed E-state index contributed by atoms with van der Waals surface area (Å²) in [6.07, 6.45) is 1.55. The van der Waals surface area contributed by atoms with Gasteiger partial charge in [0, 0.05) is 22.8 Å². The molecule has 86 valence electrons. The van der Waals surface area contributed by atoms with Crippen molar-refractivity contribution in [3.63, 3.8) is 0 Å². The Hall–Kier alpha value is -0.500. The second kappa shape index (κ2) is 6.29. The van der Waals surface area contributed by atoms with Crippen molar-refractivity contribution in [3.8, 4) is 0 Å². The van der Waals surface area contributed by atoms with E-state index >= 15 is 0 Å². The summed E-state index contributed by atoms with van der Waals surface area (Å²) in [5, 5.41) is 2.81. The van der Waals surface area contributed by atoms with Crippen molar-refractivity contribution in [2.45, 2.75) is 19.7 Å². The lowest BCUT2D eigenvalue weighted by Crippen LogP contribution is -1.83. The van der Waals surface area contributed by atoms with Gasteiger partial charge < -0.3 is 0 Å². The monoisotopic (exact) mass is 275 g/mol. The van der Waals surface area contributed by atoms with Gasteiger partial charge in [0.15, 0.2) is 0 Å². The lowest BCUT2D eigenvalue weighted by molar-refractivity contribution is 1.35. The molecule has 0 aliphatic carbocycles. The summed E-state index contributed by atoms with van der Waals surface area (Å²) >= 11 is 17.6. The molecule has 0 saturated heterocycles. The van der Waals surface area contributed by atoms with Crippen LogP contribution >= 0.6 is 34.8 Å². The average molecular weight is 277 g/mol. The van der Waals surface area contributed by atoms with E-state index in [-0.39, 0.29) is 0 Å². The van der Waals surface area contributed by atoms with Gasteiger partial charge in [-0.05, 0) is 11.6 Å². The Labute approximate surface area is 110 Å². The zero-order valence-corrected chi connectivity index (χ0v) is 11.4. The van der Waals surface area contributed by atoms with E-state index in [1.54, 1.807) is 6.20 Å². The molecule has 0 aliphatic heterocycles. The minimum Gasteiger partial charge on any atom is -0.242 e. The number of aromatic nitrogens is 1. The molecule has 0 N–H and O–H groups in total. The molecule has 0 spiro atoms. The molecule has 0 fully saturated rings. The van der Waals surface area contributed by atoms with E-state index in [4.69, 9.17) is 34.8 Å². The fourth-order valence-electron chi connectivity index (χ4n) is 1.31. The van der Waals surface area contributed by atoms with Crippen molar-refractivity contribution in [2.75, 3.05) is 0 Å². The van der Waals surface area contributed by atoms with Gasteiger partial charge in [0.05, 0.1) is 5.02 Å². The molecule has 0 saturated carbocycles. The Kier molecular flexibility index (Phi) is 5.33. The number of halogens is 3. The largest absolute Gasteiger partial charge is 0.242 e. The third-order valence-electron chi connectivity index (χ3n) is 2.01. The molecule has 2 rings (SSSR count). The molecule has 1 aromatic carbocycles. The van der Waals surface area contributed by atoms with Gasteiger partial charge in [-0.3, -0.25) is 0 Å². The summed E-state index contributed by atoms with van der Waals surface area (Å²) < 4.78 is 0. The van der Waals surface area contributed by atoms with Crippen molar-refractivity contribution in [1.29, 1.82) is 0 Å². The Morgan fingerprint density at radius 1 is 1.12 bits per heavy atom. The van der Waals surface area contributed by atoms with E-state index < -0.39 is 0 Å². The van der Waals surface area contributed by atoms with Crippen LogP contribution in [-0.2, 0) is 5.88 Å². The highest BCUT2D eigenvalue weighted by molar-refractivity contribution is 6.39. The second-order valence-corrected chi connectivity index (χ2v) is 3.94. The maximum absolute atomic E-state index is 5.97. The Balaban J connectivity index is 0.000000606. The molecule has 0 amide bonds. The maximum atomic E-state index is 5.97. The second-order valence-electron chi connectivity index (χ2n) is 2.91. The normalized spacial score (nSPS) is 9.81. The highest BCUT2D eigenvalue weighted by Gasteiger charge is 2.04. The molecule has 1 heterocycles. The quantitative estimate of drug-likeness (QED) is 0.508. The number of nitrogens with zero attached hydrogens (tertiary/aromatic N) is 1. The van der Waals surface area contributed by atoms with E-state index in [1.165, 1.54) is 0 Å². The van der Waals surface area contributed by atoms with Crippen molar-refractivity contribution < 1.29 is 0 Å². The highest BCUT2D eigenvalue weighted by Crippen LogP contribution is 2.28. The molecule has 0 aliphatic rings. The lowest BCUT2D eigenvalue weighted by Gasteiger charge is -2.03. The van der Waals surface area contributed by atoms with Crippen LogP contribution in [0, 0.1) is 0 Å². The zero-order valence-electron chi connectivity index (χ0n) is 9.10. The van der Waals surface area contributed by atoms with Gasteiger partial charge in [-0.1, -0.05) is 49.2 Å². The van der Waals surface area contributed by atoms with E-state index in [9.17, 15) is 0 Å². The molecule has 0 bridgehead atoms. The summed E-state index contributed by atoms with van der Waals surface area (Å²) in [4.78, 5) is 3.97. The summed E-state index contributed by atoms with van der Waals surface area (Å²) in [5.74, 6) is 0.457. The summed E-state index contributed by atoms with van der Waals surface area (Å²) in [6.45, 7) is 4.00. The minimum atomic E-state index is 0.455. The first-order valence-electron chi connectivity index (χ1n) is 5.01. The molecule has 16 heavy (non-hydrogen) atoms. The standard InChI is InChI=1S/C10H6Cl3N.C2H6/c11-4-6-1-2-7-8(3-6)10(13)14-5-9(7)12;1-2/h1-3,5H,4H2;1-2H3. The fourth-order valence-corrected chi connectivity index (χ4v) is 1.89. The van der Waals surface area contributed by atoms with Gasteiger partial charge in [0.2, 0.25) is 0 Å². The van der Waals surface area contributed by atoms with Crippen LogP contribution in [0.1, 0.15) is 19.4 Å². The summed E-state index contributed by atoms with van der Waals surface area (Å²) in [6, 6.07) is 5.74. The van der Waals surface area contributed by atoms with Crippen molar-refractivity contribution >= 4 is 45.6 Å². The molecular weight excluding hydrogens is 264 g/mol. The average Bonchev–Trinajstić information content (AvgIpc) is 2.36. The number of alkyl halides is 1. The molecule has 4 heteroatoms. The molecule has 2 aromatic rings. The molecule has 0 atom stereocenters. The van der Waals surface area contributed by atoms with Crippen LogP contribution in [0.2, 0.25) is 10.2 Å². The van der Waals surface area contributed by atoms with Gasteiger partial charge in [-0.2, -0.15) is 0 Å². The van der Waals surface area contributed by atoms with Crippen LogP contribution in [-0.4, -0.2) is 4.98 Å². The Morgan fingerprint density at radius 2 is 1.81 bits per heavy atom. The first kappa shape index (κ1) is 13.6. The van der Waals surface area contributed by atoms with E-state index in [2.05, 4.69) is 4.98 Å². The van der Waals surface area contributed by atoms with Crippen LogP contribution in [0.15, 0.2) is 24.4 Å². The number of pyridine rings is 1. The first-order valence-corrected chi connectivity index (χ1v) is 6.30. The lowest BCUT2D eigenvalue weighted by atomic mass is 10.1. The van der Waals surface area contributed by atoms with Crippen LogP contribution in [0.5, 0.6) is 0 Å². The van der Waals surface area contributed by atoms with Crippen LogP contribution in [0.25, 0.3) is 10.8 Å². The van der Waals surface area contributed by atoms with Gasteiger partial charge in [-0.25, -0.2) is 4.98 Å². The SMILES string of the molecule is CC.ClCc1ccc2c(Cl)cnc(Cl)c2c1.